The van der Waals surface area contributed by atoms with Crippen LogP contribution in [0.3, 0.4) is 0 Å². The summed E-state index contributed by atoms with van der Waals surface area (Å²) < 4.78 is 15.9. The molecule has 0 unspecified atom stereocenters. The molecule has 0 aliphatic carbocycles. The first-order valence-corrected chi connectivity index (χ1v) is 6.62. The fraction of sp³-hybridized carbons (Fsp3) is 0.400. The van der Waals surface area contributed by atoms with Crippen molar-refractivity contribution in [2.45, 2.75) is 26.9 Å². The van der Waals surface area contributed by atoms with Gasteiger partial charge in [0.25, 0.3) is 0 Å². The molecule has 2 heterocycles. The van der Waals surface area contributed by atoms with Gasteiger partial charge in [-0.05, 0) is 38.6 Å². The minimum absolute atomic E-state index is 0.313. The van der Waals surface area contributed by atoms with Gasteiger partial charge in [-0.3, -0.25) is 4.90 Å². The Morgan fingerprint density at radius 1 is 1.15 bits per heavy atom. The molecule has 2 aromatic rings. The zero-order valence-corrected chi connectivity index (χ0v) is 12.0. The molecule has 0 saturated heterocycles. The van der Waals surface area contributed by atoms with Crippen LogP contribution in [0.2, 0.25) is 0 Å². The van der Waals surface area contributed by atoms with Crippen LogP contribution in [0.5, 0.6) is 11.5 Å². The SMILES string of the molecule is Cc1noc(C)c1CN(C)Cc1ccc2c(c1)OCO2. The van der Waals surface area contributed by atoms with Crippen molar-refractivity contribution in [3.05, 3.63) is 40.8 Å². The summed E-state index contributed by atoms with van der Waals surface area (Å²) in [6.45, 7) is 5.88. The molecule has 0 radical (unpaired) electrons. The highest BCUT2D eigenvalue weighted by Gasteiger charge is 2.15. The van der Waals surface area contributed by atoms with Crippen molar-refractivity contribution in [2.24, 2.45) is 0 Å². The number of aromatic nitrogens is 1. The summed E-state index contributed by atoms with van der Waals surface area (Å²) >= 11 is 0. The van der Waals surface area contributed by atoms with Crippen LogP contribution in [-0.4, -0.2) is 23.9 Å². The fourth-order valence-electron chi connectivity index (χ4n) is 2.40. The molecule has 5 nitrogen and oxygen atoms in total. The third-order valence-corrected chi connectivity index (χ3v) is 3.50. The first-order valence-electron chi connectivity index (χ1n) is 6.62. The summed E-state index contributed by atoms with van der Waals surface area (Å²) in [5.74, 6) is 2.54. The average molecular weight is 274 g/mol. The summed E-state index contributed by atoms with van der Waals surface area (Å²) in [6.07, 6.45) is 0. The van der Waals surface area contributed by atoms with Gasteiger partial charge >= 0.3 is 0 Å². The third kappa shape index (κ3) is 2.49. The summed E-state index contributed by atoms with van der Waals surface area (Å²) in [5, 5.41) is 3.99. The number of rotatable bonds is 4. The molecule has 1 aliphatic rings. The molecule has 20 heavy (non-hydrogen) atoms. The number of hydrogen-bond donors (Lipinski definition) is 0. The van der Waals surface area contributed by atoms with Crippen LogP contribution < -0.4 is 9.47 Å². The van der Waals surface area contributed by atoms with E-state index in [1.807, 2.05) is 26.0 Å². The van der Waals surface area contributed by atoms with Gasteiger partial charge in [0.15, 0.2) is 11.5 Å². The van der Waals surface area contributed by atoms with Crippen molar-refractivity contribution in [3.63, 3.8) is 0 Å². The van der Waals surface area contributed by atoms with Gasteiger partial charge < -0.3 is 14.0 Å². The lowest BCUT2D eigenvalue weighted by Crippen LogP contribution is -2.18. The highest BCUT2D eigenvalue weighted by atomic mass is 16.7. The van der Waals surface area contributed by atoms with Crippen molar-refractivity contribution in [2.75, 3.05) is 13.8 Å². The Balaban J connectivity index is 1.68. The smallest absolute Gasteiger partial charge is 0.231 e. The van der Waals surface area contributed by atoms with Gasteiger partial charge in [-0.1, -0.05) is 11.2 Å². The number of aryl methyl sites for hydroxylation is 2. The van der Waals surface area contributed by atoms with Crippen LogP contribution >= 0.6 is 0 Å². The average Bonchev–Trinajstić information content (AvgIpc) is 3.00. The molecular formula is C15H18N2O3. The van der Waals surface area contributed by atoms with Crippen LogP contribution in [0, 0.1) is 13.8 Å². The highest BCUT2D eigenvalue weighted by Crippen LogP contribution is 2.32. The van der Waals surface area contributed by atoms with Gasteiger partial charge in [0.2, 0.25) is 6.79 Å². The van der Waals surface area contributed by atoms with Crippen molar-refractivity contribution >= 4 is 0 Å². The first kappa shape index (κ1) is 13.0. The van der Waals surface area contributed by atoms with E-state index < -0.39 is 0 Å². The van der Waals surface area contributed by atoms with Crippen LogP contribution in [0.1, 0.15) is 22.6 Å². The van der Waals surface area contributed by atoms with Crippen LogP contribution in [0.25, 0.3) is 0 Å². The van der Waals surface area contributed by atoms with E-state index in [1.54, 1.807) is 0 Å². The predicted molar refractivity (Wildman–Crippen MR) is 73.7 cm³/mol. The summed E-state index contributed by atoms with van der Waals surface area (Å²) in [5.41, 5.74) is 3.32. The second kappa shape index (κ2) is 5.17. The van der Waals surface area contributed by atoms with E-state index in [0.29, 0.717) is 6.79 Å². The van der Waals surface area contributed by atoms with Gasteiger partial charge in [-0.2, -0.15) is 0 Å². The number of nitrogens with zero attached hydrogens (tertiary/aromatic N) is 2. The lowest BCUT2D eigenvalue weighted by molar-refractivity contribution is 0.174. The van der Waals surface area contributed by atoms with Gasteiger partial charge in [0.05, 0.1) is 5.69 Å². The number of ether oxygens (including phenoxy) is 2. The second-order valence-electron chi connectivity index (χ2n) is 5.16. The van der Waals surface area contributed by atoms with Gasteiger partial charge in [-0.25, -0.2) is 0 Å². The Kier molecular flexibility index (Phi) is 3.36. The first-order chi connectivity index (χ1) is 9.63. The lowest BCUT2D eigenvalue weighted by atomic mass is 10.1. The quantitative estimate of drug-likeness (QED) is 0.857. The van der Waals surface area contributed by atoms with E-state index in [-0.39, 0.29) is 0 Å². The van der Waals surface area contributed by atoms with Crippen molar-refractivity contribution in [1.29, 1.82) is 0 Å². The predicted octanol–water partition coefficient (Wildman–Crippen LogP) is 2.65. The molecule has 0 spiro atoms. The van der Waals surface area contributed by atoms with Gasteiger partial charge in [0, 0.05) is 18.7 Å². The largest absolute Gasteiger partial charge is 0.454 e. The Labute approximate surface area is 118 Å². The van der Waals surface area contributed by atoms with Gasteiger partial charge in [0.1, 0.15) is 5.76 Å². The number of fused-ring (bicyclic) bond motifs is 1. The lowest BCUT2D eigenvalue weighted by Gasteiger charge is -2.16. The van der Waals surface area contributed by atoms with Crippen molar-refractivity contribution in [3.8, 4) is 11.5 Å². The summed E-state index contributed by atoms with van der Waals surface area (Å²) in [6, 6.07) is 6.06. The Morgan fingerprint density at radius 2 is 1.95 bits per heavy atom. The van der Waals surface area contributed by atoms with E-state index in [2.05, 4.69) is 23.2 Å². The second-order valence-corrected chi connectivity index (χ2v) is 5.16. The minimum atomic E-state index is 0.313. The van der Waals surface area contributed by atoms with E-state index in [4.69, 9.17) is 14.0 Å². The Bertz CT molecular complexity index is 602. The maximum Gasteiger partial charge on any atom is 0.231 e. The number of hydrogen-bond acceptors (Lipinski definition) is 5. The molecule has 1 aliphatic heterocycles. The molecule has 1 aromatic heterocycles. The maximum absolute atomic E-state index is 5.40. The Hall–Kier alpha value is -2.01. The van der Waals surface area contributed by atoms with Crippen molar-refractivity contribution < 1.29 is 14.0 Å². The normalized spacial score (nSPS) is 13.2. The van der Waals surface area contributed by atoms with E-state index in [9.17, 15) is 0 Å². The van der Waals surface area contributed by atoms with E-state index in [0.717, 1.165) is 41.6 Å². The van der Waals surface area contributed by atoms with Crippen LogP contribution in [0.4, 0.5) is 0 Å². The fourth-order valence-corrected chi connectivity index (χ4v) is 2.40. The molecule has 106 valence electrons. The zero-order chi connectivity index (χ0) is 14.1. The topological polar surface area (TPSA) is 47.7 Å². The Morgan fingerprint density at radius 3 is 2.70 bits per heavy atom. The highest BCUT2D eigenvalue weighted by molar-refractivity contribution is 5.44. The molecule has 0 saturated carbocycles. The molecular weight excluding hydrogens is 256 g/mol. The van der Waals surface area contributed by atoms with E-state index >= 15 is 0 Å². The third-order valence-electron chi connectivity index (χ3n) is 3.50. The van der Waals surface area contributed by atoms with Crippen LogP contribution in [-0.2, 0) is 13.1 Å². The maximum atomic E-state index is 5.40. The van der Waals surface area contributed by atoms with Gasteiger partial charge in [-0.15, -0.1) is 0 Å². The monoisotopic (exact) mass is 274 g/mol. The van der Waals surface area contributed by atoms with Crippen molar-refractivity contribution in [1.82, 2.24) is 10.1 Å². The standard InChI is InChI=1S/C15H18N2O3/c1-10-13(11(2)20-16-10)8-17(3)7-12-4-5-14-15(6-12)19-9-18-14/h4-6H,7-9H2,1-3H3. The molecule has 0 fully saturated rings. The molecule has 0 amide bonds. The molecule has 5 heteroatoms. The molecule has 0 N–H and O–H groups in total. The molecule has 0 atom stereocenters. The molecule has 3 rings (SSSR count). The molecule has 1 aromatic carbocycles. The summed E-state index contributed by atoms with van der Waals surface area (Å²) in [4.78, 5) is 2.23. The van der Waals surface area contributed by atoms with Crippen LogP contribution in [0.15, 0.2) is 22.7 Å². The summed E-state index contributed by atoms with van der Waals surface area (Å²) in [7, 11) is 2.08. The minimum Gasteiger partial charge on any atom is -0.454 e. The molecule has 0 bridgehead atoms. The zero-order valence-electron chi connectivity index (χ0n) is 12.0. The van der Waals surface area contributed by atoms with E-state index in [1.165, 1.54) is 5.56 Å². The number of benzene rings is 1.